The van der Waals surface area contributed by atoms with E-state index in [1.807, 2.05) is 60.7 Å². The Morgan fingerprint density at radius 2 is 1.95 bits per heavy atom. The first-order valence-corrected chi connectivity index (χ1v) is 15.3. The van der Waals surface area contributed by atoms with Gasteiger partial charge in [-0.1, -0.05) is 42.5 Å². The third-order valence-electron chi connectivity index (χ3n) is 8.61. The van der Waals surface area contributed by atoms with Gasteiger partial charge in [0.25, 0.3) is 0 Å². The van der Waals surface area contributed by atoms with E-state index in [1.54, 1.807) is 14.0 Å². The van der Waals surface area contributed by atoms with Gasteiger partial charge in [0.2, 0.25) is 5.91 Å². The van der Waals surface area contributed by atoms with Gasteiger partial charge in [-0.3, -0.25) is 4.79 Å². The van der Waals surface area contributed by atoms with E-state index in [0.717, 1.165) is 35.9 Å². The molecule has 2 aromatic carbocycles. The fourth-order valence-corrected chi connectivity index (χ4v) is 6.15. The molecule has 3 aliphatic rings. The predicted octanol–water partition coefficient (Wildman–Crippen LogP) is 4.62. The number of nitrogens with one attached hydrogen (secondary N) is 2. The molecular weight excluding hydrogens is 560 g/mol. The highest BCUT2D eigenvalue weighted by molar-refractivity contribution is 5.95. The third kappa shape index (κ3) is 5.93. The lowest BCUT2D eigenvalue weighted by atomic mass is 10.1. The molecule has 1 aromatic heterocycles. The largest absolute Gasteiger partial charge is 0.497 e. The summed E-state index contributed by atoms with van der Waals surface area (Å²) in [5, 5.41) is 6.75. The van der Waals surface area contributed by atoms with Crippen LogP contribution in [0.2, 0.25) is 0 Å². The number of amides is 3. The summed E-state index contributed by atoms with van der Waals surface area (Å²) >= 11 is 0. The van der Waals surface area contributed by atoms with Crippen molar-refractivity contribution in [1.82, 2.24) is 20.5 Å². The van der Waals surface area contributed by atoms with Crippen LogP contribution in [0.15, 0.2) is 66.7 Å². The van der Waals surface area contributed by atoms with Crippen LogP contribution in [0.3, 0.4) is 0 Å². The molecule has 44 heavy (non-hydrogen) atoms. The number of carbonyl (C=O) groups excluding carboxylic acids is 3. The highest BCUT2D eigenvalue weighted by Gasteiger charge is 2.62. The summed E-state index contributed by atoms with van der Waals surface area (Å²) in [4.78, 5) is 46.7. The molecule has 0 bridgehead atoms. The Hall–Kier alpha value is -4.60. The maximum atomic E-state index is 13.8. The highest BCUT2D eigenvalue weighted by Crippen LogP contribution is 2.46. The van der Waals surface area contributed by atoms with Gasteiger partial charge in [-0.05, 0) is 44.7 Å². The van der Waals surface area contributed by atoms with Crippen LogP contribution >= 0.6 is 0 Å². The fraction of sp³-hybridized carbons (Fsp3) is 0.412. The summed E-state index contributed by atoms with van der Waals surface area (Å²) in [7, 11) is 1.61. The minimum atomic E-state index is -1.11. The number of benzene rings is 2. The van der Waals surface area contributed by atoms with Gasteiger partial charge in [-0.2, -0.15) is 0 Å². The van der Waals surface area contributed by atoms with Crippen molar-refractivity contribution in [3.8, 4) is 22.8 Å². The van der Waals surface area contributed by atoms with E-state index < -0.39 is 23.7 Å². The van der Waals surface area contributed by atoms with Crippen molar-refractivity contribution in [3.05, 3.63) is 66.7 Å². The number of ether oxygens (including phenoxy) is 3. The topological polar surface area (TPSA) is 119 Å². The summed E-state index contributed by atoms with van der Waals surface area (Å²) in [6, 6.07) is 16.2. The number of pyridine rings is 1. The zero-order valence-electron chi connectivity index (χ0n) is 25.1. The predicted molar refractivity (Wildman–Crippen MR) is 165 cm³/mol. The maximum absolute atomic E-state index is 13.8. The molecule has 10 nitrogen and oxygen atoms in total. The molecule has 2 fully saturated rings. The maximum Gasteiger partial charge on any atom is 0.332 e. The number of rotatable bonds is 6. The van der Waals surface area contributed by atoms with E-state index in [-0.39, 0.29) is 37.4 Å². The molecule has 230 valence electrons. The lowest BCUT2D eigenvalue weighted by Crippen LogP contribution is -2.54. The molecule has 6 rings (SSSR count). The van der Waals surface area contributed by atoms with Crippen LogP contribution in [0.5, 0.6) is 11.5 Å². The average Bonchev–Trinajstić information content (AvgIpc) is 3.57. The van der Waals surface area contributed by atoms with Crippen LogP contribution < -0.4 is 20.1 Å². The molecule has 0 spiro atoms. The summed E-state index contributed by atoms with van der Waals surface area (Å²) in [5.41, 5.74) is 1.26. The van der Waals surface area contributed by atoms with Gasteiger partial charge in [0.1, 0.15) is 29.2 Å². The second-order valence-corrected chi connectivity index (χ2v) is 11.5. The molecule has 3 heterocycles. The van der Waals surface area contributed by atoms with Gasteiger partial charge in [0.05, 0.1) is 31.5 Å². The molecule has 10 heteroatoms. The van der Waals surface area contributed by atoms with Crippen molar-refractivity contribution < 1.29 is 28.6 Å². The van der Waals surface area contributed by atoms with Crippen molar-refractivity contribution >= 4 is 28.8 Å². The van der Waals surface area contributed by atoms with E-state index in [0.29, 0.717) is 30.0 Å². The normalized spacial score (nSPS) is 26.0. The van der Waals surface area contributed by atoms with E-state index in [1.165, 1.54) is 4.90 Å². The van der Waals surface area contributed by atoms with Crippen LogP contribution in [-0.4, -0.2) is 72.3 Å². The van der Waals surface area contributed by atoms with Crippen LogP contribution in [0, 0.1) is 5.92 Å². The van der Waals surface area contributed by atoms with Crippen molar-refractivity contribution in [2.45, 2.75) is 56.7 Å². The molecule has 3 aromatic rings. The quantitative estimate of drug-likeness (QED) is 0.314. The molecule has 2 N–H and O–H groups in total. The van der Waals surface area contributed by atoms with E-state index in [9.17, 15) is 14.4 Å². The number of esters is 1. The first kappa shape index (κ1) is 29.5. The zero-order chi connectivity index (χ0) is 30.7. The molecule has 2 aliphatic heterocycles. The molecular formula is C34H38N4O6. The number of hydrogen-bond donors (Lipinski definition) is 2. The van der Waals surface area contributed by atoms with Crippen molar-refractivity contribution in [2.75, 3.05) is 26.8 Å². The third-order valence-corrected chi connectivity index (χ3v) is 8.61. The molecule has 1 saturated heterocycles. The fourth-order valence-electron chi connectivity index (χ4n) is 6.15. The van der Waals surface area contributed by atoms with Gasteiger partial charge in [-0.25, -0.2) is 14.6 Å². The summed E-state index contributed by atoms with van der Waals surface area (Å²) in [5.74, 6) is 0.310. The number of aromatic nitrogens is 1. The lowest BCUT2D eigenvalue weighted by Gasteiger charge is -2.26. The standard InChI is InChI=1S/C34H38N4O6/c1-3-43-32(40)34-20-23(34)13-9-4-5-10-16-35-33(41)38-21-25(18-29(38)31(39)37-34)44-30-19-27(22-11-7-6-8-12-22)36-28-17-24(42-2)14-15-26(28)30/h6-9,11-15,17,19,23,25,29H,3-5,10,16,18,20-21H2,1-2H3,(H,35,41)(H,37,39)/b13-9-/t23-,25+,29-,34+/m0/s1. The number of methoxy groups -OCH3 is 1. The Morgan fingerprint density at radius 1 is 1.11 bits per heavy atom. The minimum Gasteiger partial charge on any atom is -0.497 e. The molecule has 0 radical (unpaired) electrons. The zero-order valence-corrected chi connectivity index (χ0v) is 25.1. The summed E-state index contributed by atoms with van der Waals surface area (Å²) < 4.78 is 17.4. The van der Waals surface area contributed by atoms with Crippen LogP contribution in [-0.2, 0) is 14.3 Å². The Bertz CT molecular complexity index is 1580. The monoisotopic (exact) mass is 598 g/mol. The number of fused-ring (bicyclic) bond motifs is 3. The second-order valence-electron chi connectivity index (χ2n) is 11.5. The van der Waals surface area contributed by atoms with Crippen LogP contribution in [0.1, 0.15) is 39.0 Å². The van der Waals surface area contributed by atoms with E-state index >= 15 is 0 Å². The molecule has 1 saturated carbocycles. The first-order chi connectivity index (χ1) is 21.4. The number of nitrogens with zero attached hydrogens (tertiary/aromatic N) is 2. The lowest BCUT2D eigenvalue weighted by molar-refractivity contribution is -0.149. The molecule has 1 aliphatic carbocycles. The Labute approximate surface area is 256 Å². The average molecular weight is 599 g/mol. The summed E-state index contributed by atoms with van der Waals surface area (Å²) in [6.45, 7) is 2.69. The van der Waals surface area contributed by atoms with Crippen molar-refractivity contribution in [1.29, 1.82) is 0 Å². The van der Waals surface area contributed by atoms with Crippen molar-refractivity contribution in [2.24, 2.45) is 5.92 Å². The van der Waals surface area contributed by atoms with Gasteiger partial charge in [-0.15, -0.1) is 0 Å². The minimum absolute atomic E-state index is 0.138. The van der Waals surface area contributed by atoms with E-state index in [4.69, 9.17) is 19.2 Å². The highest BCUT2D eigenvalue weighted by atomic mass is 16.5. The van der Waals surface area contributed by atoms with Gasteiger partial charge < -0.3 is 29.7 Å². The summed E-state index contributed by atoms with van der Waals surface area (Å²) in [6.07, 6.45) is 6.86. The number of urea groups is 1. The number of carbonyl (C=O) groups is 3. The number of allylic oxidation sites excluding steroid dienone is 1. The Balaban J connectivity index is 1.30. The van der Waals surface area contributed by atoms with Crippen LogP contribution in [0.4, 0.5) is 4.79 Å². The molecule has 0 unspecified atom stereocenters. The smallest absolute Gasteiger partial charge is 0.332 e. The SMILES string of the molecule is CCOC(=O)[C@@]12C[C@@H]1/C=C\CCCCNC(=O)N1C[C@H](Oc3cc(-c4ccccc4)nc4cc(OC)ccc34)C[C@H]1C(=O)N2. The molecule has 4 atom stereocenters. The van der Waals surface area contributed by atoms with Gasteiger partial charge >= 0.3 is 12.0 Å². The van der Waals surface area contributed by atoms with Crippen LogP contribution in [0.25, 0.3) is 22.2 Å². The Kier molecular flexibility index (Phi) is 8.41. The van der Waals surface area contributed by atoms with Gasteiger partial charge in [0.15, 0.2) is 0 Å². The first-order valence-electron chi connectivity index (χ1n) is 15.3. The molecule has 3 amide bonds. The van der Waals surface area contributed by atoms with E-state index in [2.05, 4.69) is 16.7 Å². The van der Waals surface area contributed by atoms with Crippen molar-refractivity contribution in [3.63, 3.8) is 0 Å². The van der Waals surface area contributed by atoms with Gasteiger partial charge in [0, 0.05) is 42.0 Å². The Morgan fingerprint density at radius 3 is 2.75 bits per heavy atom. The number of hydrogen-bond acceptors (Lipinski definition) is 7. The second kappa shape index (κ2) is 12.6.